The molecular formula is C22H18FNO5. The van der Waals surface area contributed by atoms with Gasteiger partial charge in [-0.2, -0.15) is 0 Å². The van der Waals surface area contributed by atoms with Crippen molar-refractivity contribution in [2.24, 2.45) is 0 Å². The number of hydrogen-bond acceptors (Lipinski definition) is 5. The average Bonchev–Trinajstić information content (AvgIpc) is 3.20. The lowest BCUT2D eigenvalue weighted by molar-refractivity contribution is 0.102. The topological polar surface area (TPSA) is 66.0 Å². The third-order valence-corrected chi connectivity index (χ3v) is 4.34. The molecule has 0 aromatic heterocycles. The Morgan fingerprint density at radius 2 is 1.86 bits per heavy atom. The van der Waals surface area contributed by atoms with Crippen LogP contribution in [-0.4, -0.2) is 19.8 Å². The molecule has 0 fully saturated rings. The molecule has 6 nitrogen and oxygen atoms in total. The first-order chi connectivity index (χ1) is 14.1. The number of halogens is 1. The molecule has 1 heterocycles. The zero-order valence-corrected chi connectivity index (χ0v) is 15.6. The quantitative estimate of drug-likeness (QED) is 0.670. The predicted octanol–water partition coefficient (Wildman–Crippen LogP) is 4.39. The number of methoxy groups -OCH3 is 1. The van der Waals surface area contributed by atoms with Crippen LogP contribution in [-0.2, 0) is 6.61 Å². The van der Waals surface area contributed by atoms with E-state index in [1.165, 1.54) is 13.2 Å². The summed E-state index contributed by atoms with van der Waals surface area (Å²) in [5.41, 5.74) is 1.51. The minimum atomic E-state index is -0.686. The molecule has 0 unspecified atom stereocenters. The second kappa shape index (κ2) is 8.10. The largest absolute Gasteiger partial charge is 0.490 e. The fraction of sp³-hybridized carbons (Fsp3) is 0.136. The Morgan fingerprint density at radius 1 is 1.07 bits per heavy atom. The molecule has 0 saturated heterocycles. The van der Waals surface area contributed by atoms with Gasteiger partial charge in [0.1, 0.15) is 6.61 Å². The lowest BCUT2D eigenvalue weighted by Crippen LogP contribution is -2.13. The number of benzene rings is 3. The van der Waals surface area contributed by atoms with Crippen LogP contribution in [0.5, 0.6) is 23.0 Å². The molecule has 7 heteroatoms. The molecule has 0 saturated carbocycles. The number of amides is 1. The molecule has 1 aliphatic rings. The molecule has 3 aromatic rings. The standard InChI is InChI=1S/C22H18FNO5/c1-26-21-17(23)9-15(10-20(21)27-12-14-5-3-2-4-6-14)22(25)24-16-7-8-18-19(11-16)29-13-28-18/h2-11H,12-13H2,1H3,(H,24,25). The van der Waals surface area contributed by atoms with Crippen LogP contribution < -0.4 is 24.3 Å². The predicted molar refractivity (Wildman–Crippen MR) is 104 cm³/mol. The van der Waals surface area contributed by atoms with Crippen LogP contribution in [0.2, 0.25) is 0 Å². The van der Waals surface area contributed by atoms with Gasteiger partial charge in [0.15, 0.2) is 28.8 Å². The van der Waals surface area contributed by atoms with Gasteiger partial charge in [-0.3, -0.25) is 4.79 Å². The van der Waals surface area contributed by atoms with E-state index >= 15 is 0 Å². The SMILES string of the molecule is COc1c(F)cc(C(=O)Nc2ccc3c(c2)OCO3)cc1OCc1ccccc1. The summed E-state index contributed by atoms with van der Waals surface area (Å²) >= 11 is 0. The van der Waals surface area contributed by atoms with Crippen molar-refractivity contribution in [2.45, 2.75) is 6.61 Å². The highest BCUT2D eigenvalue weighted by molar-refractivity contribution is 6.04. The van der Waals surface area contributed by atoms with Gasteiger partial charge in [-0.15, -0.1) is 0 Å². The molecule has 0 bridgehead atoms. The highest BCUT2D eigenvalue weighted by Crippen LogP contribution is 2.35. The van der Waals surface area contributed by atoms with Crippen molar-refractivity contribution in [3.05, 3.63) is 77.6 Å². The first-order valence-corrected chi connectivity index (χ1v) is 8.89. The number of fused-ring (bicyclic) bond motifs is 1. The Kier molecular flexibility index (Phi) is 5.20. The number of ether oxygens (including phenoxy) is 4. The Labute approximate surface area is 166 Å². The van der Waals surface area contributed by atoms with E-state index in [9.17, 15) is 9.18 Å². The van der Waals surface area contributed by atoms with Crippen LogP contribution in [0.1, 0.15) is 15.9 Å². The Balaban J connectivity index is 1.55. The number of rotatable bonds is 6. The minimum Gasteiger partial charge on any atom is -0.490 e. The maximum Gasteiger partial charge on any atom is 0.255 e. The van der Waals surface area contributed by atoms with Gasteiger partial charge in [-0.25, -0.2) is 4.39 Å². The van der Waals surface area contributed by atoms with Gasteiger partial charge in [0.05, 0.1) is 7.11 Å². The van der Waals surface area contributed by atoms with Crippen molar-refractivity contribution in [1.29, 1.82) is 0 Å². The smallest absolute Gasteiger partial charge is 0.255 e. The van der Waals surface area contributed by atoms with E-state index in [0.29, 0.717) is 17.2 Å². The van der Waals surface area contributed by atoms with Gasteiger partial charge in [0, 0.05) is 17.3 Å². The molecule has 0 aliphatic carbocycles. The summed E-state index contributed by atoms with van der Waals surface area (Å²) in [6, 6.07) is 17.0. The summed E-state index contributed by atoms with van der Waals surface area (Å²) in [7, 11) is 1.35. The number of carbonyl (C=O) groups is 1. The summed E-state index contributed by atoms with van der Waals surface area (Å²) in [4.78, 5) is 12.6. The van der Waals surface area contributed by atoms with Crippen molar-refractivity contribution in [2.75, 3.05) is 19.2 Å². The van der Waals surface area contributed by atoms with Crippen LogP contribution in [0, 0.1) is 5.82 Å². The monoisotopic (exact) mass is 395 g/mol. The lowest BCUT2D eigenvalue weighted by Gasteiger charge is -2.14. The van der Waals surface area contributed by atoms with Crippen molar-refractivity contribution >= 4 is 11.6 Å². The first-order valence-electron chi connectivity index (χ1n) is 8.89. The van der Waals surface area contributed by atoms with Gasteiger partial charge in [-0.1, -0.05) is 30.3 Å². The number of hydrogen-bond donors (Lipinski definition) is 1. The Hall–Kier alpha value is -3.74. The van der Waals surface area contributed by atoms with Gasteiger partial charge < -0.3 is 24.3 Å². The van der Waals surface area contributed by atoms with Gasteiger partial charge in [0.2, 0.25) is 6.79 Å². The van der Waals surface area contributed by atoms with Crippen molar-refractivity contribution in [3.8, 4) is 23.0 Å². The molecule has 148 valence electrons. The zero-order chi connectivity index (χ0) is 20.2. The third-order valence-electron chi connectivity index (χ3n) is 4.34. The van der Waals surface area contributed by atoms with Gasteiger partial charge in [-0.05, 0) is 29.8 Å². The summed E-state index contributed by atoms with van der Waals surface area (Å²) in [6.45, 7) is 0.350. The van der Waals surface area contributed by atoms with Crippen LogP contribution in [0.25, 0.3) is 0 Å². The second-order valence-corrected chi connectivity index (χ2v) is 6.29. The van der Waals surface area contributed by atoms with Gasteiger partial charge in [0.25, 0.3) is 5.91 Å². The summed E-state index contributed by atoms with van der Waals surface area (Å²) in [6.07, 6.45) is 0. The highest BCUT2D eigenvalue weighted by Gasteiger charge is 2.19. The van der Waals surface area contributed by atoms with Crippen molar-refractivity contribution in [1.82, 2.24) is 0 Å². The molecule has 0 radical (unpaired) electrons. The molecular weight excluding hydrogens is 377 g/mol. The molecule has 4 rings (SSSR count). The molecule has 1 amide bonds. The highest BCUT2D eigenvalue weighted by atomic mass is 19.1. The molecule has 29 heavy (non-hydrogen) atoms. The first kappa shape index (κ1) is 18.6. The maximum atomic E-state index is 14.5. The molecule has 0 spiro atoms. The molecule has 3 aromatic carbocycles. The average molecular weight is 395 g/mol. The van der Waals surface area contributed by atoms with Crippen LogP contribution in [0.4, 0.5) is 10.1 Å². The molecule has 0 atom stereocenters. The number of anilines is 1. The Bertz CT molecular complexity index is 1040. The minimum absolute atomic E-state index is 0.0550. The third kappa shape index (κ3) is 4.08. The zero-order valence-electron chi connectivity index (χ0n) is 15.6. The normalized spacial score (nSPS) is 11.8. The van der Waals surface area contributed by atoms with E-state index in [4.69, 9.17) is 18.9 Å². The van der Waals surface area contributed by atoms with E-state index in [1.54, 1.807) is 18.2 Å². The summed E-state index contributed by atoms with van der Waals surface area (Å²) in [5, 5.41) is 2.72. The van der Waals surface area contributed by atoms with Crippen LogP contribution in [0.3, 0.4) is 0 Å². The second-order valence-electron chi connectivity index (χ2n) is 6.29. The van der Waals surface area contributed by atoms with E-state index in [0.717, 1.165) is 11.6 Å². The maximum absolute atomic E-state index is 14.5. The van der Waals surface area contributed by atoms with E-state index in [-0.39, 0.29) is 30.5 Å². The fourth-order valence-electron chi connectivity index (χ4n) is 2.92. The molecule has 1 aliphatic heterocycles. The lowest BCUT2D eigenvalue weighted by atomic mass is 10.1. The van der Waals surface area contributed by atoms with E-state index in [2.05, 4.69) is 5.32 Å². The number of carbonyl (C=O) groups excluding carboxylic acids is 1. The summed E-state index contributed by atoms with van der Waals surface area (Å²) in [5.74, 6) is 0.0577. The Morgan fingerprint density at radius 3 is 2.66 bits per heavy atom. The summed E-state index contributed by atoms with van der Waals surface area (Å²) < 4.78 is 35.9. The van der Waals surface area contributed by atoms with Crippen molar-refractivity contribution in [3.63, 3.8) is 0 Å². The van der Waals surface area contributed by atoms with Gasteiger partial charge >= 0.3 is 0 Å². The molecule has 1 N–H and O–H groups in total. The number of nitrogens with one attached hydrogen (secondary N) is 1. The van der Waals surface area contributed by atoms with E-state index in [1.807, 2.05) is 30.3 Å². The van der Waals surface area contributed by atoms with Crippen LogP contribution >= 0.6 is 0 Å². The van der Waals surface area contributed by atoms with Crippen molar-refractivity contribution < 1.29 is 28.1 Å². The fourth-order valence-corrected chi connectivity index (χ4v) is 2.92. The van der Waals surface area contributed by atoms with Crippen LogP contribution in [0.15, 0.2) is 60.7 Å². The van der Waals surface area contributed by atoms with E-state index < -0.39 is 11.7 Å².